The number of rotatable bonds is 8. The van der Waals surface area contributed by atoms with E-state index in [0.29, 0.717) is 11.5 Å². The molecule has 9 heteroatoms. The van der Waals surface area contributed by atoms with Crippen LogP contribution in [0.5, 0.6) is 23.0 Å². The van der Waals surface area contributed by atoms with Crippen LogP contribution in [0.25, 0.3) is 11.0 Å². The first-order valence-corrected chi connectivity index (χ1v) is 8.88. The molecular weight excluding hydrogens is 394 g/mol. The molecule has 0 spiro atoms. The Morgan fingerprint density at radius 1 is 1.13 bits per heavy atom. The van der Waals surface area contributed by atoms with Gasteiger partial charge in [0.05, 0.1) is 12.5 Å². The number of amides is 1. The van der Waals surface area contributed by atoms with Crippen molar-refractivity contribution in [2.45, 2.75) is 6.92 Å². The fraction of sp³-hybridized carbons (Fsp3) is 0.190. The molecular formula is C21H19NO8. The zero-order chi connectivity index (χ0) is 21.7. The molecule has 0 atom stereocenters. The molecule has 156 valence electrons. The summed E-state index contributed by atoms with van der Waals surface area (Å²) in [6, 6.07) is 11.4. The van der Waals surface area contributed by atoms with E-state index in [1.165, 1.54) is 25.3 Å². The number of hydrogen-bond acceptors (Lipinski definition) is 7. The normalized spacial score (nSPS) is 10.5. The van der Waals surface area contributed by atoms with Crippen molar-refractivity contribution in [3.05, 3.63) is 58.4 Å². The molecule has 30 heavy (non-hydrogen) atoms. The monoisotopic (exact) mass is 413 g/mol. The lowest BCUT2D eigenvalue weighted by molar-refractivity contribution is -0.138. The Labute approximate surface area is 170 Å². The summed E-state index contributed by atoms with van der Waals surface area (Å²) >= 11 is 0. The van der Waals surface area contributed by atoms with E-state index in [1.54, 1.807) is 31.2 Å². The number of carboxylic acid groups (broad SMARTS) is 1. The Hall–Kier alpha value is -4.01. The summed E-state index contributed by atoms with van der Waals surface area (Å²) in [5.74, 6) is -0.311. The van der Waals surface area contributed by atoms with E-state index in [9.17, 15) is 14.4 Å². The molecule has 0 fully saturated rings. The smallest absolute Gasteiger partial charge is 0.322 e. The second-order valence-electron chi connectivity index (χ2n) is 6.19. The highest BCUT2D eigenvalue weighted by atomic mass is 16.5. The van der Waals surface area contributed by atoms with Crippen LogP contribution in [-0.4, -0.2) is 37.2 Å². The van der Waals surface area contributed by atoms with Gasteiger partial charge in [-0.25, -0.2) is 0 Å². The summed E-state index contributed by atoms with van der Waals surface area (Å²) in [6.07, 6.45) is 0. The van der Waals surface area contributed by atoms with Crippen LogP contribution in [0.4, 0.5) is 0 Å². The molecule has 0 bridgehead atoms. The molecule has 2 N–H and O–H groups in total. The molecule has 0 radical (unpaired) electrons. The second kappa shape index (κ2) is 8.99. The lowest BCUT2D eigenvalue weighted by Crippen LogP contribution is -2.33. The summed E-state index contributed by atoms with van der Waals surface area (Å²) in [5, 5.41) is 11.0. The van der Waals surface area contributed by atoms with Gasteiger partial charge in [-0.1, -0.05) is 12.1 Å². The molecule has 3 rings (SSSR count). The van der Waals surface area contributed by atoms with Crippen LogP contribution in [0, 0.1) is 6.92 Å². The van der Waals surface area contributed by atoms with E-state index >= 15 is 0 Å². The Bertz CT molecular complexity index is 1150. The summed E-state index contributed by atoms with van der Waals surface area (Å²) in [5.41, 5.74) is -0.112. The van der Waals surface area contributed by atoms with Crippen molar-refractivity contribution < 1.29 is 33.3 Å². The molecule has 0 saturated carbocycles. The lowest BCUT2D eigenvalue weighted by atomic mass is 10.2. The maximum absolute atomic E-state index is 12.9. The zero-order valence-corrected chi connectivity index (χ0v) is 16.3. The number of carbonyl (C=O) groups excluding carboxylic acids is 1. The van der Waals surface area contributed by atoms with Gasteiger partial charge in [-0.05, 0) is 31.2 Å². The predicted octanol–water partition coefficient (Wildman–Crippen LogP) is 2.48. The Morgan fingerprint density at radius 2 is 1.87 bits per heavy atom. The van der Waals surface area contributed by atoms with Crippen molar-refractivity contribution in [3.63, 3.8) is 0 Å². The van der Waals surface area contributed by atoms with Crippen LogP contribution in [0.15, 0.2) is 51.7 Å². The third kappa shape index (κ3) is 4.69. The van der Waals surface area contributed by atoms with Crippen LogP contribution in [-0.2, 0) is 9.59 Å². The first-order valence-electron chi connectivity index (χ1n) is 8.88. The number of hydrogen-bond donors (Lipinski definition) is 2. The number of aliphatic carboxylic acids is 1. The van der Waals surface area contributed by atoms with E-state index < -0.39 is 18.4 Å². The molecule has 3 aromatic rings. The maximum atomic E-state index is 12.9. The summed E-state index contributed by atoms with van der Waals surface area (Å²) in [6.45, 7) is 0.721. The molecule has 0 aliphatic carbocycles. The number of ether oxygens (including phenoxy) is 3. The average molecular weight is 413 g/mol. The van der Waals surface area contributed by atoms with E-state index in [4.69, 9.17) is 23.7 Å². The predicted molar refractivity (Wildman–Crippen MR) is 106 cm³/mol. The second-order valence-corrected chi connectivity index (χ2v) is 6.19. The molecule has 1 heterocycles. The number of benzene rings is 2. The van der Waals surface area contributed by atoms with E-state index in [0.717, 1.165) is 0 Å². The highest BCUT2D eigenvalue weighted by Gasteiger charge is 2.16. The Morgan fingerprint density at radius 3 is 2.57 bits per heavy atom. The Balaban J connectivity index is 1.83. The molecule has 0 aliphatic rings. The van der Waals surface area contributed by atoms with Crippen LogP contribution >= 0.6 is 0 Å². The number of fused-ring (bicyclic) bond motifs is 1. The van der Waals surface area contributed by atoms with Crippen molar-refractivity contribution in [2.75, 3.05) is 20.3 Å². The quantitative estimate of drug-likeness (QED) is 0.577. The van der Waals surface area contributed by atoms with Gasteiger partial charge in [0, 0.05) is 6.07 Å². The number of aryl methyl sites for hydroxylation is 1. The largest absolute Gasteiger partial charge is 0.493 e. The number of nitrogens with one attached hydrogen (secondary N) is 1. The van der Waals surface area contributed by atoms with Crippen molar-refractivity contribution in [2.24, 2.45) is 0 Å². The maximum Gasteiger partial charge on any atom is 0.322 e. The molecule has 1 amide bonds. The molecule has 0 aliphatic heterocycles. The minimum absolute atomic E-state index is 0.0358. The van der Waals surface area contributed by atoms with E-state index in [2.05, 4.69) is 5.32 Å². The SMILES string of the molecule is COc1ccccc1Oc1c(C)oc2cc(OCC(=O)NCC(=O)O)ccc2c1=O. The van der Waals surface area contributed by atoms with Gasteiger partial charge >= 0.3 is 5.97 Å². The van der Waals surface area contributed by atoms with Crippen LogP contribution in [0.3, 0.4) is 0 Å². The molecule has 0 saturated heterocycles. The van der Waals surface area contributed by atoms with Crippen LogP contribution in [0.1, 0.15) is 5.76 Å². The van der Waals surface area contributed by atoms with Crippen LogP contribution in [0.2, 0.25) is 0 Å². The van der Waals surface area contributed by atoms with Gasteiger partial charge in [-0.2, -0.15) is 0 Å². The highest BCUT2D eigenvalue weighted by molar-refractivity contribution is 5.82. The zero-order valence-electron chi connectivity index (χ0n) is 16.3. The van der Waals surface area contributed by atoms with Gasteiger partial charge in [0.15, 0.2) is 18.1 Å². The van der Waals surface area contributed by atoms with Gasteiger partial charge < -0.3 is 29.1 Å². The summed E-state index contributed by atoms with van der Waals surface area (Å²) < 4.78 is 22.1. The van der Waals surface area contributed by atoms with Gasteiger partial charge in [-0.3, -0.25) is 14.4 Å². The number of para-hydroxylation sites is 2. The summed E-state index contributed by atoms with van der Waals surface area (Å²) in [4.78, 5) is 34.9. The van der Waals surface area contributed by atoms with Gasteiger partial charge in [0.25, 0.3) is 5.91 Å². The number of carboxylic acids is 1. The van der Waals surface area contributed by atoms with Crippen molar-refractivity contribution in [1.82, 2.24) is 5.32 Å². The van der Waals surface area contributed by atoms with E-state index in [-0.39, 0.29) is 40.3 Å². The highest BCUT2D eigenvalue weighted by Crippen LogP contribution is 2.32. The van der Waals surface area contributed by atoms with Gasteiger partial charge in [0.2, 0.25) is 11.2 Å². The van der Waals surface area contributed by atoms with Gasteiger partial charge in [-0.15, -0.1) is 0 Å². The third-order valence-electron chi connectivity index (χ3n) is 4.07. The number of carbonyl (C=O) groups is 2. The van der Waals surface area contributed by atoms with Crippen LogP contribution < -0.4 is 25.0 Å². The van der Waals surface area contributed by atoms with Gasteiger partial charge in [0.1, 0.15) is 23.6 Å². The van der Waals surface area contributed by atoms with Crippen molar-refractivity contribution in [3.8, 4) is 23.0 Å². The third-order valence-corrected chi connectivity index (χ3v) is 4.07. The fourth-order valence-electron chi connectivity index (χ4n) is 2.66. The first-order chi connectivity index (χ1) is 14.4. The topological polar surface area (TPSA) is 124 Å². The molecule has 9 nitrogen and oxygen atoms in total. The van der Waals surface area contributed by atoms with Crippen molar-refractivity contribution >= 4 is 22.8 Å². The Kier molecular flexibility index (Phi) is 6.21. The lowest BCUT2D eigenvalue weighted by Gasteiger charge is -2.12. The standard InChI is InChI=1S/C21H19NO8/c1-12-21(30-16-6-4-3-5-15(16)27-2)20(26)14-8-7-13(9-17(14)29-12)28-11-18(23)22-10-19(24)25/h3-9H,10-11H2,1-2H3,(H,22,23)(H,24,25). The average Bonchev–Trinajstić information content (AvgIpc) is 2.73. The molecule has 1 aromatic heterocycles. The van der Waals surface area contributed by atoms with E-state index in [1.807, 2.05) is 0 Å². The molecule has 2 aromatic carbocycles. The summed E-state index contributed by atoms with van der Waals surface area (Å²) in [7, 11) is 1.50. The molecule has 0 unspecified atom stereocenters. The van der Waals surface area contributed by atoms with Crippen molar-refractivity contribution in [1.29, 1.82) is 0 Å². The first kappa shape index (κ1) is 20.7. The fourth-order valence-corrected chi connectivity index (χ4v) is 2.66. The minimum Gasteiger partial charge on any atom is -0.493 e. The number of methoxy groups -OCH3 is 1. The minimum atomic E-state index is -1.16.